The van der Waals surface area contributed by atoms with Crippen LogP contribution in [0.4, 0.5) is 5.69 Å². The predicted molar refractivity (Wildman–Crippen MR) is 144 cm³/mol. The first-order valence-electron chi connectivity index (χ1n) is 13.7. The van der Waals surface area contributed by atoms with E-state index in [1.54, 1.807) is 12.1 Å². The van der Waals surface area contributed by atoms with E-state index < -0.39 is 15.6 Å². The zero-order valence-corrected chi connectivity index (χ0v) is 24.8. The number of hydrogen-bond donors (Lipinski definition) is 2. The Hall–Kier alpha value is -1.63. The molecule has 1 saturated carbocycles. The van der Waals surface area contributed by atoms with Crippen LogP contribution in [0.1, 0.15) is 74.7 Å². The normalized spacial score (nSPS) is 19.5. The number of ether oxygens (including phenoxy) is 1. The monoisotopic (exact) mass is 658 g/mol. The number of benzene rings is 1. The molecule has 1 aromatic heterocycles. The number of aromatic hydroxyl groups is 1. The standard InChI is InChI=1S/C28H38N2O6S.HI/c31-27-23-9-3-1-2-4-10-24(23)36-28(32)26(27)25(20-11-12-20)21-7-5-8-22(19-21)29-37(33,34)18-6-13-30-14-16-35-17-15-30;/h5,7-8,19-20,25,29,31H,1-4,6,9-18H2;1H. The first-order valence-corrected chi connectivity index (χ1v) is 15.3. The van der Waals surface area contributed by atoms with Gasteiger partial charge >= 0.3 is 7.05 Å². The molecular weight excluding hydrogens is 619 g/mol. The number of nitrogens with one attached hydrogen (secondary N) is 1. The van der Waals surface area contributed by atoms with Crippen LogP contribution in [-0.2, 0) is 27.6 Å². The van der Waals surface area contributed by atoms with Crippen molar-refractivity contribution in [3.8, 4) is 5.75 Å². The highest BCUT2D eigenvalue weighted by atomic mass is 127. The molecule has 5 rings (SSSR count). The Morgan fingerprint density at radius 3 is 2.58 bits per heavy atom. The Kier molecular flexibility index (Phi) is 10.2. The summed E-state index contributed by atoms with van der Waals surface area (Å²) >= 11 is 0. The first kappa shape index (κ1) is 29.4. The van der Waals surface area contributed by atoms with Gasteiger partial charge in [0.25, 0.3) is 0 Å². The lowest BCUT2D eigenvalue weighted by Gasteiger charge is -2.26. The lowest BCUT2D eigenvalue weighted by molar-refractivity contribution is -0.0000133. The number of morpholine rings is 1. The molecule has 1 aromatic carbocycles. The number of nitrogens with zero attached hydrogens (tertiary/aromatic N) is 1. The van der Waals surface area contributed by atoms with E-state index in [4.69, 9.17) is 9.15 Å². The summed E-state index contributed by atoms with van der Waals surface area (Å²) < 4.78 is 39.5. The third kappa shape index (κ3) is 7.31. The molecule has 1 saturated heterocycles. The van der Waals surface area contributed by atoms with Crippen LogP contribution in [-0.4, -0.2) is 57.0 Å². The molecule has 1 unspecified atom stereocenters. The van der Waals surface area contributed by atoms with Crippen molar-refractivity contribution in [1.82, 2.24) is 4.90 Å². The van der Waals surface area contributed by atoms with E-state index in [9.17, 15) is 18.3 Å². The number of rotatable bonds is 9. The van der Waals surface area contributed by atoms with Crippen LogP contribution in [0, 0.1) is 5.92 Å². The van der Waals surface area contributed by atoms with Crippen molar-refractivity contribution in [2.75, 3.05) is 43.3 Å². The van der Waals surface area contributed by atoms with Gasteiger partial charge in [0.05, 0.1) is 24.5 Å². The van der Waals surface area contributed by atoms with Gasteiger partial charge in [-0.05, 0) is 68.7 Å². The highest BCUT2D eigenvalue weighted by molar-refractivity contribution is 7.92. The maximum absolute atomic E-state index is 13.2. The van der Waals surface area contributed by atoms with Gasteiger partial charge in [0, 0.05) is 36.7 Å². The van der Waals surface area contributed by atoms with E-state index in [0.29, 0.717) is 49.5 Å². The molecular formula is C28H39IN2O6S. The van der Waals surface area contributed by atoms with E-state index >= 15 is 0 Å². The lowest BCUT2D eigenvalue weighted by Crippen LogP contribution is -3.00. The molecule has 0 spiro atoms. The van der Waals surface area contributed by atoms with Crippen LogP contribution in [0.5, 0.6) is 5.75 Å². The van der Waals surface area contributed by atoms with Crippen molar-refractivity contribution < 1.29 is 48.1 Å². The maximum Gasteiger partial charge on any atom is 1.00 e. The molecule has 1 aliphatic heterocycles. The molecule has 0 amide bonds. The Labute approximate surface area is 243 Å². The second-order valence-electron chi connectivity index (χ2n) is 10.6. The van der Waals surface area contributed by atoms with E-state index in [1.165, 1.54) is 0 Å². The Bertz CT molecular complexity index is 1260. The van der Waals surface area contributed by atoms with Crippen LogP contribution in [0.3, 0.4) is 0 Å². The molecule has 8 nitrogen and oxygen atoms in total. The summed E-state index contributed by atoms with van der Waals surface area (Å²) in [4.78, 5) is 15.4. The average molecular weight is 659 g/mol. The minimum atomic E-state index is -3.52. The third-order valence-corrected chi connectivity index (χ3v) is 9.18. The van der Waals surface area contributed by atoms with Crippen LogP contribution in [0.25, 0.3) is 0 Å². The van der Waals surface area contributed by atoms with Gasteiger partial charge in [-0.25, -0.2) is 13.2 Å². The average Bonchev–Trinajstić information content (AvgIpc) is 3.68. The molecule has 210 valence electrons. The molecule has 0 radical (unpaired) electrons. The van der Waals surface area contributed by atoms with Gasteiger partial charge in [0.2, 0.25) is 10.0 Å². The summed E-state index contributed by atoms with van der Waals surface area (Å²) in [5, 5.41) is 11.3. The van der Waals surface area contributed by atoms with Crippen LogP contribution < -0.4 is 34.3 Å². The van der Waals surface area contributed by atoms with Crippen molar-refractivity contribution in [1.29, 1.82) is 0 Å². The number of fused-ring (bicyclic) bond motifs is 1. The number of hydrogen-bond acceptors (Lipinski definition) is 7. The zero-order valence-electron chi connectivity index (χ0n) is 22.8. The fourth-order valence-corrected chi connectivity index (χ4v) is 6.83. The molecule has 2 aliphatic carbocycles. The van der Waals surface area contributed by atoms with E-state index in [0.717, 1.165) is 69.3 Å². The molecule has 1 atom stereocenters. The lowest BCUT2D eigenvalue weighted by atomic mass is 9.85. The quantitative estimate of drug-likeness (QED) is 0.389. The number of halogens is 1. The minimum Gasteiger partial charge on any atom is -1.00 e. The third-order valence-electron chi connectivity index (χ3n) is 7.81. The van der Waals surface area contributed by atoms with E-state index in [2.05, 4.69) is 9.62 Å². The number of aryl methyl sites for hydroxylation is 1. The summed E-state index contributed by atoms with van der Waals surface area (Å²) in [5.41, 5.74) is 1.93. The van der Waals surface area contributed by atoms with Gasteiger partial charge in [-0.3, -0.25) is 9.62 Å². The molecule has 2 heterocycles. The van der Waals surface area contributed by atoms with Gasteiger partial charge < -0.3 is 38.2 Å². The van der Waals surface area contributed by atoms with Crippen LogP contribution in [0.15, 0.2) is 33.5 Å². The SMILES string of the molecule is O=c1oc2c(c(O)c1C(c1cccc(NS(=O)(=O)CCCN3CCOCC3)c1)C1CC1)CCCCCC2.[H+].[I-]. The fraction of sp³-hybridized carbons (Fsp3) is 0.607. The topological polar surface area (TPSA) is 109 Å². The summed E-state index contributed by atoms with van der Waals surface area (Å²) in [7, 11) is -3.52. The molecule has 2 aromatic rings. The second kappa shape index (κ2) is 13.1. The van der Waals surface area contributed by atoms with Crippen molar-refractivity contribution in [2.24, 2.45) is 5.92 Å². The van der Waals surface area contributed by atoms with Crippen molar-refractivity contribution in [3.05, 3.63) is 57.1 Å². The largest absolute Gasteiger partial charge is 1.00 e. The number of sulfonamides is 1. The Morgan fingerprint density at radius 2 is 1.84 bits per heavy atom. The smallest absolute Gasteiger partial charge is 1.00 e. The summed E-state index contributed by atoms with van der Waals surface area (Å²) in [6.07, 6.45) is 7.97. The Balaban J connectivity index is 0.00000210. The highest BCUT2D eigenvalue weighted by Crippen LogP contribution is 2.49. The molecule has 38 heavy (non-hydrogen) atoms. The van der Waals surface area contributed by atoms with Crippen LogP contribution >= 0.6 is 0 Å². The van der Waals surface area contributed by atoms with Crippen molar-refractivity contribution in [3.63, 3.8) is 0 Å². The zero-order chi connectivity index (χ0) is 25.8. The highest BCUT2D eigenvalue weighted by Gasteiger charge is 2.38. The van der Waals surface area contributed by atoms with Crippen LogP contribution in [0.2, 0.25) is 0 Å². The van der Waals surface area contributed by atoms with E-state index in [-0.39, 0.29) is 48.7 Å². The van der Waals surface area contributed by atoms with E-state index in [1.807, 2.05) is 12.1 Å². The van der Waals surface area contributed by atoms with Gasteiger partial charge in [-0.1, -0.05) is 25.0 Å². The fourth-order valence-electron chi connectivity index (χ4n) is 5.73. The van der Waals surface area contributed by atoms with Gasteiger partial charge in [0.1, 0.15) is 11.5 Å². The van der Waals surface area contributed by atoms with Crippen molar-refractivity contribution in [2.45, 2.75) is 63.7 Å². The van der Waals surface area contributed by atoms with Crippen molar-refractivity contribution >= 4 is 15.7 Å². The molecule has 10 heteroatoms. The predicted octanol–water partition coefficient (Wildman–Crippen LogP) is 1.13. The second-order valence-corrected chi connectivity index (χ2v) is 12.5. The maximum atomic E-state index is 13.2. The molecule has 2 N–H and O–H groups in total. The first-order chi connectivity index (χ1) is 17.9. The summed E-state index contributed by atoms with van der Waals surface area (Å²) in [6, 6.07) is 7.26. The number of anilines is 1. The summed E-state index contributed by atoms with van der Waals surface area (Å²) in [5.74, 6) is 0.646. The van der Waals surface area contributed by atoms with Gasteiger partial charge in [-0.15, -0.1) is 0 Å². The van der Waals surface area contributed by atoms with Gasteiger partial charge in [0.15, 0.2) is 0 Å². The molecule has 0 bridgehead atoms. The summed E-state index contributed by atoms with van der Waals surface area (Å²) in [6.45, 7) is 3.78. The Morgan fingerprint density at radius 1 is 1.11 bits per heavy atom. The van der Waals surface area contributed by atoms with Gasteiger partial charge in [-0.2, -0.15) is 0 Å². The molecule has 2 fully saturated rings. The molecule has 3 aliphatic rings. The minimum absolute atomic E-state index is 0.